The zero-order chi connectivity index (χ0) is 25.1. The first-order valence-electron chi connectivity index (χ1n) is 11.0. The number of halogens is 3. The maximum Gasteiger partial charge on any atom is 0.228 e. The lowest BCUT2D eigenvalue weighted by Gasteiger charge is -2.20. The van der Waals surface area contributed by atoms with E-state index in [1.807, 2.05) is 6.08 Å². The Labute approximate surface area is 200 Å². The van der Waals surface area contributed by atoms with Crippen molar-refractivity contribution in [2.75, 3.05) is 0 Å². The summed E-state index contributed by atoms with van der Waals surface area (Å²) in [5.74, 6) is -2.56. The second-order valence-corrected chi connectivity index (χ2v) is 7.99. The molecule has 3 nitrogen and oxygen atoms in total. The summed E-state index contributed by atoms with van der Waals surface area (Å²) >= 11 is 0. The maximum absolute atomic E-state index is 15.7. The summed E-state index contributed by atoms with van der Waals surface area (Å²) in [5, 5.41) is 0. The monoisotopic (exact) mass is 473 g/mol. The second kappa shape index (κ2) is 9.97. The minimum Gasteiger partial charge on any atom is -0.344 e. The van der Waals surface area contributed by atoms with Crippen LogP contribution in [0.5, 0.6) is 0 Å². The van der Waals surface area contributed by atoms with E-state index in [0.717, 1.165) is 6.08 Å². The van der Waals surface area contributed by atoms with Crippen molar-refractivity contribution in [2.45, 2.75) is 19.9 Å². The van der Waals surface area contributed by atoms with Crippen molar-refractivity contribution in [3.05, 3.63) is 136 Å². The number of aryl methyl sites for hydroxylation is 1. The van der Waals surface area contributed by atoms with Crippen LogP contribution in [-0.2, 0) is 6.54 Å². The molecule has 3 aromatic rings. The number of rotatable bonds is 5. The predicted octanol–water partition coefficient (Wildman–Crippen LogP) is 6.61. The minimum absolute atomic E-state index is 0.0187. The topological polar surface area (TPSA) is 39.1 Å². The van der Waals surface area contributed by atoms with Gasteiger partial charge in [0.25, 0.3) is 0 Å². The Morgan fingerprint density at radius 3 is 2.14 bits per heavy atom. The van der Waals surface area contributed by atoms with E-state index in [9.17, 15) is 18.4 Å². The number of allylic oxidation sites excluding steroid dienone is 7. The Morgan fingerprint density at radius 1 is 0.971 bits per heavy atom. The summed E-state index contributed by atoms with van der Waals surface area (Å²) in [7, 11) is 0. The van der Waals surface area contributed by atoms with E-state index in [1.54, 1.807) is 47.9 Å². The van der Waals surface area contributed by atoms with Gasteiger partial charge in [-0.15, -0.1) is 0 Å². The van der Waals surface area contributed by atoms with Crippen molar-refractivity contribution in [1.82, 2.24) is 4.57 Å². The molecular formula is C29H22F3NO2. The Kier molecular flexibility index (Phi) is 6.82. The minimum atomic E-state index is -1.06. The smallest absolute Gasteiger partial charge is 0.228 e. The van der Waals surface area contributed by atoms with E-state index in [1.165, 1.54) is 30.5 Å². The number of pyridine rings is 1. The average Bonchev–Trinajstić information content (AvgIpc) is 3.08. The highest BCUT2D eigenvalue weighted by atomic mass is 19.1. The normalized spacial score (nSPS) is 14.8. The number of nitrogens with zero attached hydrogens (tertiary/aromatic N) is 1. The number of carbonyl (C=O) groups is 1. The highest BCUT2D eigenvalue weighted by Gasteiger charge is 2.25. The molecule has 0 saturated heterocycles. The van der Waals surface area contributed by atoms with E-state index >= 15 is 4.39 Å². The van der Waals surface area contributed by atoms with Crippen LogP contribution in [0.25, 0.3) is 16.7 Å². The van der Waals surface area contributed by atoms with Gasteiger partial charge in [-0.25, -0.2) is 13.2 Å². The Balaban J connectivity index is 2.11. The SMILES string of the molecule is C=CC(=O)c1cn2c(c(F)c1=O)/C(=C(/C(=C/C)c1ccc(F)cc1)c1ccc(F)cc1)C=CCC2. The van der Waals surface area contributed by atoms with Crippen LogP contribution in [-0.4, -0.2) is 10.4 Å². The first-order valence-corrected chi connectivity index (χ1v) is 11.0. The van der Waals surface area contributed by atoms with Gasteiger partial charge in [0, 0.05) is 18.3 Å². The fourth-order valence-electron chi connectivity index (χ4n) is 4.22. The van der Waals surface area contributed by atoms with Gasteiger partial charge in [0.2, 0.25) is 5.43 Å². The van der Waals surface area contributed by atoms with Crippen LogP contribution in [0.1, 0.15) is 40.5 Å². The number of hydrogen-bond donors (Lipinski definition) is 0. The third-order valence-corrected chi connectivity index (χ3v) is 5.87. The fraction of sp³-hybridized carbons (Fsp3) is 0.103. The average molecular weight is 473 g/mol. The van der Waals surface area contributed by atoms with Crippen LogP contribution in [0.2, 0.25) is 0 Å². The van der Waals surface area contributed by atoms with Gasteiger partial charge >= 0.3 is 0 Å². The van der Waals surface area contributed by atoms with Crippen LogP contribution in [0, 0.1) is 17.5 Å². The molecule has 2 aromatic carbocycles. The Bertz CT molecular complexity index is 1460. The number of ketones is 1. The highest BCUT2D eigenvalue weighted by molar-refractivity contribution is 6.16. The molecule has 0 saturated carbocycles. The first kappa shape index (κ1) is 24.0. The number of benzene rings is 2. The molecule has 4 rings (SSSR count). The van der Waals surface area contributed by atoms with Gasteiger partial charge in [-0.2, -0.15) is 0 Å². The Morgan fingerprint density at radius 2 is 1.57 bits per heavy atom. The summed E-state index contributed by atoms with van der Waals surface area (Å²) in [6.07, 6.45) is 8.23. The second-order valence-electron chi connectivity index (χ2n) is 7.99. The summed E-state index contributed by atoms with van der Waals surface area (Å²) in [6, 6.07) is 11.6. The molecule has 0 aliphatic carbocycles. The predicted molar refractivity (Wildman–Crippen MR) is 132 cm³/mol. The molecular weight excluding hydrogens is 451 g/mol. The Hall–Kier alpha value is -4.19. The first-order chi connectivity index (χ1) is 16.8. The van der Waals surface area contributed by atoms with E-state index in [4.69, 9.17) is 0 Å². The molecule has 2 heterocycles. The molecule has 6 heteroatoms. The lowest BCUT2D eigenvalue weighted by Crippen LogP contribution is -2.24. The molecule has 0 unspecified atom stereocenters. The van der Waals surface area contributed by atoms with E-state index < -0.39 is 28.7 Å². The van der Waals surface area contributed by atoms with Gasteiger partial charge in [-0.3, -0.25) is 9.59 Å². The third kappa shape index (κ3) is 4.60. The summed E-state index contributed by atoms with van der Waals surface area (Å²) < 4.78 is 44.7. The highest BCUT2D eigenvalue weighted by Crippen LogP contribution is 2.39. The van der Waals surface area contributed by atoms with E-state index in [0.29, 0.717) is 40.8 Å². The lowest BCUT2D eigenvalue weighted by atomic mass is 9.86. The van der Waals surface area contributed by atoms with Gasteiger partial charge in [-0.1, -0.05) is 49.1 Å². The number of carbonyl (C=O) groups excluding carboxylic acids is 1. The molecule has 0 radical (unpaired) electrons. The van der Waals surface area contributed by atoms with Gasteiger partial charge < -0.3 is 4.57 Å². The van der Waals surface area contributed by atoms with Crippen molar-refractivity contribution >= 4 is 22.5 Å². The van der Waals surface area contributed by atoms with Gasteiger partial charge in [0.05, 0.1) is 11.3 Å². The van der Waals surface area contributed by atoms with Crippen LogP contribution in [0.3, 0.4) is 0 Å². The van der Waals surface area contributed by atoms with Crippen molar-refractivity contribution in [3.8, 4) is 0 Å². The summed E-state index contributed by atoms with van der Waals surface area (Å²) in [4.78, 5) is 25.0. The van der Waals surface area contributed by atoms with E-state index in [2.05, 4.69) is 6.58 Å². The molecule has 0 fully saturated rings. The quantitative estimate of drug-likeness (QED) is 0.309. The van der Waals surface area contributed by atoms with Crippen LogP contribution >= 0.6 is 0 Å². The van der Waals surface area contributed by atoms with Crippen molar-refractivity contribution in [3.63, 3.8) is 0 Å². The third-order valence-electron chi connectivity index (χ3n) is 5.87. The molecule has 1 aromatic heterocycles. The van der Waals surface area contributed by atoms with Crippen LogP contribution in [0.15, 0.2) is 90.4 Å². The molecule has 1 aliphatic rings. The molecule has 0 amide bonds. The zero-order valence-corrected chi connectivity index (χ0v) is 19.0. The summed E-state index contributed by atoms with van der Waals surface area (Å²) in [6.45, 7) is 5.52. The van der Waals surface area contributed by atoms with Gasteiger partial charge in [-0.05, 0) is 66.0 Å². The van der Waals surface area contributed by atoms with E-state index in [-0.39, 0.29) is 11.3 Å². The van der Waals surface area contributed by atoms with Crippen LogP contribution in [0.4, 0.5) is 13.2 Å². The number of aromatic nitrogens is 1. The van der Waals surface area contributed by atoms with Crippen molar-refractivity contribution in [1.29, 1.82) is 0 Å². The lowest BCUT2D eigenvalue weighted by molar-refractivity contribution is 0.104. The molecule has 0 bridgehead atoms. The summed E-state index contributed by atoms with van der Waals surface area (Å²) in [5.41, 5.74) is 1.51. The molecule has 0 N–H and O–H groups in total. The van der Waals surface area contributed by atoms with Crippen LogP contribution < -0.4 is 5.43 Å². The van der Waals surface area contributed by atoms with Crippen molar-refractivity contribution < 1.29 is 18.0 Å². The van der Waals surface area contributed by atoms with Gasteiger partial charge in [0.1, 0.15) is 11.6 Å². The largest absolute Gasteiger partial charge is 0.344 e. The molecule has 0 atom stereocenters. The number of hydrogen-bond acceptors (Lipinski definition) is 2. The fourth-order valence-corrected chi connectivity index (χ4v) is 4.22. The molecule has 35 heavy (non-hydrogen) atoms. The maximum atomic E-state index is 15.7. The molecule has 1 aliphatic heterocycles. The number of fused-ring (bicyclic) bond motifs is 1. The molecule has 0 spiro atoms. The van der Waals surface area contributed by atoms with Gasteiger partial charge in [0.15, 0.2) is 11.6 Å². The standard InChI is InChI=1S/C29H22F3NO2/c1-3-22(18-8-12-20(30)13-9-18)26(19-10-14-21(31)15-11-19)23-7-5-6-16-33-17-24(25(34)4-2)29(35)27(32)28(23)33/h3-5,7-15,17H,2,6,16H2,1H3/b22-3+,26-23+. The molecule has 176 valence electrons. The van der Waals surface area contributed by atoms with Crippen molar-refractivity contribution in [2.24, 2.45) is 0 Å². The zero-order valence-electron chi connectivity index (χ0n) is 19.0.